The number of aryl methyl sites for hydroxylation is 1. The van der Waals surface area contributed by atoms with Crippen molar-refractivity contribution in [3.63, 3.8) is 0 Å². The summed E-state index contributed by atoms with van der Waals surface area (Å²) in [6, 6.07) is 9.82. The molecule has 0 saturated carbocycles. The van der Waals surface area contributed by atoms with Crippen LogP contribution in [0.4, 0.5) is 5.69 Å². The molecule has 2 aromatic carbocycles. The molecule has 1 aliphatic heterocycles. The number of aromatic nitrogens is 1. The quantitative estimate of drug-likeness (QED) is 0.346. The minimum atomic E-state index is -4.08. The van der Waals surface area contributed by atoms with Crippen LogP contribution < -0.4 is 5.32 Å². The average molecular weight is 578 g/mol. The topological polar surface area (TPSA) is 154 Å². The molecular formula is C25H24ClN3O7S2. The normalized spacial score (nSPS) is 14.7. The second kappa shape index (κ2) is 10.0. The van der Waals surface area contributed by atoms with Crippen LogP contribution in [-0.4, -0.2) is 57.2 Å². The highest BCUT2D eigenvalue weighted by molar-refractivity contribution is 7.91. The number of sulfone groups is 1. The average Bonchev–Trinajstić information content (AvgIpc) is 3.33. The number of fused-ring (bicyclic) bond motifs is 1. The summed E-state index contributed by atoms with van der Waals surface area (Å²) < 4.78 is 53.5. The van der Waals surface area contributed by atoms with Crippen LogP contribution in [0.25, 0.3) is 11.6 Å². The van der Waals surface area contributed by atoms with E-state index >= 15 is 0 Å². The number of carbonyl (C=O) groups excluding carboxylic acids is 1. The molecule has 0 spiro atoms. The Bertz CT molecular complexity index is 1710. The molecule has 0 radical (unpaired) electrons. The van der Waals surface area contributed by atoms with E-state index in [1.54, 1.807) is 6.92 Å². The fourth-order valence-corrected chi connectivity index (χ4v) is 6.98. The summed E-state index contributed by atoms with van der Waals surface area (Å²) in [5.74, 6) is -1.64. The number of nitrogens with one attached hydrogen (secondary N) is 2. The molecule has 0 unspecified atom stereocenters. The third-order valence-electron chi connectivity index (χ3n) is 6.08. The fourth-order valence-electron chi connectivity index (χ4n) is 4.21. The number of aliphatic carboxylic acids is 1. The lowest BCUT2D eigenvalue weighted by atomic mass is 10.0. The highest BCUT2D eigenvalue weighted by atomic mass is 35.5. The first-order valence-electron chi connectivity index (χ1n) is 11.3. The molecule has 0 atom stereocenters. The van der Waals surface area contributed by atoms with Crippen molar-refractivity contribution in [2.45, 2.75) is 34.5 Å². The van der Waals surface area contributed by atoms with E-state index in [4.69, 9.17) is 11.6 Å². The molecule has 4 rings (SSSR count). The first-order chi connectivity index (χ1) is 17.7. The molecule has 0 bridgehead atoms. The smallest absolute Gasteiger partial charge is 0.303 e. The van der Waals surface area contributed by atoms with E-state index in [-0.39, 0.29) is 50.1 Å². The van der Waals surface area contributed by atoms with Crippen molar-refractivity contribution in [3.05, 3.63) is 70.0 Å². The number of anilines is 1. The highest BCUT2D eigenvalue weighted by Gasteiger charge is 2.31. The monoisotopic (exact) mass is 577 g/mol. The first-order valence-corrected chi connectivity index (χ1v) is 14.6. The van der Waals surface area contributed by atoms with Gasteiger partial charge in [0, 0.05) is 48.2 Å². The van der Waals surface area contributed by atoms with Gasteiger partial charge in [-0.05, 0) is 67.4 Å². The molecule has 38 heavy (non-hydrogen) atoms. The number of sulfonamides is 1. The Morgan fingerprint density at radius 3 is 2.29 bits per heavy atom. The van der Waals surface area contributed by atoms with Crippen LogP contribution in [0.1, 0.15) is 28.9 Å². The van der Waals surface area contributed by atoms with Crippen molar-refractivity contribution < 1.29 is 31.5 Å². The van der Waals surface area contributed by atoms with Crippen LogP contribution in [0.2, 0.25) is 5.02 Å². The van der Waals surface area contributed by atoms with E-state index in [2.05, 4.69) is 10.3 Å². The van der Waals surface area contributed by atoms with Crippen molar-refractivity contribution in [2.24, 2.45) is 0 Å². The first kappa shape index (κ1) is 27.6. The SMILES string of the molecule is Cc1[nH]c(C=C2C(=O)Nc3ccc(S(=O)(=O)N(C)C)cc32)c(CCC(=O)O)c1S(=O)(=O)c1ccc(Cl)cc1. The van der Waals surface area contributed by atoms with E-state index in [0.29, 0.717) is 16.3 Å². The van der Waals surface area contributed by atoms with Crippen LogP contribution in [-0.2, 0) is 35.9 Å². The Hall–Kier alpha value is -3.45. The number of carboxylic acid groups (broad SMARTS) is 1. The molecule has 1 aliphatic rings. The number of nitrogens with zero attached hydrogens (tertiary/aromatic N) is 1. The maximum absolute atomic E-state index is 13.6. The summed E-state index contributed by atoms with van der Waals surface area (Å²) in [4.78, 5) is 27.1. The number of hydrogen-bond donors (Lipinski definition) is 3. The number of amides is 1. The predicted molar refractivity (Wildman–Crippen MR) is 142 cm³/mol. The highest BCUT2D eigenvalue weighted by Crippen LogP contribution is 2.38. The Labute approximate surface area is 224 Å². The second-order valence-electron chi connectivity index (χ2n) is 8.83. The zero-order valence-corrected chi connectivity index (χ0v) is 23.0. The van der Waals surface area contributed by atoms with Gasteiger partial charge in [-0.1, -0.05) is 11.6 Å². The van der Waals surface area contributed by atoms with E-state index < -0.39 is 31.7 Å². The van der Waals surface area contributed by atoms with E-state index in [0.717, 1.165) is 4.31 Å². The molecular weight excluding hydrogens is 554 g/mol. The van der Waals surface area contributed by atoms with Gasteiger partial charge >= 0.3 is 5.97 Å². The van der Waals surface area contributed by atoms with Gasteiger partial charge < -0.3 is 15.4 Å². The zero-order chi connectivity index (χ0) is 28.0. The van der Waals surface area contributed by atoms with Crippen molar-refractivity contribution in [3.8, 4) is 0 Å². The Balaban J connectivity index is 1.90. The number of H-pyrrole nitrogens is 1. The second-order valence-corrected chi connectivity index (χ2v) is 13.3. The van der Waals surface area contributed by atoms with Gasteiger partial charge in [0.15, 0.2) is 0 Å². The largest absolute Gasteiger partial charge is 0.481 e. The van der Waals surface area contributed by atoms with Crippen LogP contribution in [0, 0.1) is 6.92 Å². The minimum Gasteiger partial charge on any atom is -0.481 e. The molecule has 0 fully saturated rings. The van der Waals surface area contributed by atoms with Gasteiger partial charge in [0.1, 0.15) is 0 Å². The molecule has 0 aliphatic carbocycles. The third-order valence-corrected chi connectivity index (χ3v) is 10.1. The van der Waals surface area contributed by atoms with Crippen LogP contribution in [0.5, 0.6) is 0 Å². The van der Waals surface area contributed by atoms with Gasteiger partial charge in [0.25, 0.3) is 5.91 Å². The lowest BCUT2D eigenvalue weighted by Gasteiger charge is -2.12. The Morgan fingerprint density at radius 2 is 1.68 bits per heavy atom. The number of benzene rings is 2. The summed E-state index contributed by atoms with van der Waals surface area (Å²) in [5, 5.41) is 12.3. The van der Waals surface area contributed by atoms with Crippen LogP contribution in [0.3, 0.4) is 0 Å². The lowest BCUT2D eigenvalue weighted by molar-refractivity contribution is -0.137. The van der Waals surface area contributed by atoms with Crippen molar-refractivity contribution in [1.82, 2.24) is 9.29 Å². The van der Waals surface area contributed by atoms with Crippen molar-refractivity contribution in [1.29, 1.82) is 0 Å². The van der Waals surface area contributed by atoms with Crippen LogP contribution in [0.15, 0.2) is 57.2 Å². The third kappa shape index (κ3) is 4.99. The Kier molecular flexibility index (Phi) is 7.28. The molecule has 10 nitrogen and oxygen atoms in total. The summed E-state index contributed by atoms with van der Waals surface area (Å²) >= 11 is 5.91. The number of halogens is 1. The van der Waals surface area contributed by atoms with Gasteiger partial charge in [-0.3, -0.25) is 9.59 Å². The predicted octanol–water partition coefficient (Wildman–Crippen LogP) is 3.57. The van der Waals surface area contributed by atoms with Gasteiger partial charge in [-0.15, -0.1) is 0 Å². The minimum absolute atomic E-state index is 0.0246. The van der Waals surface area contributed by atoms with E-state index in [1.165, 1.54) is 62.6 Å². The molecule has 3 N–H and O–H groups in total. The maximum Gasteiger partial charge on any atom is 0.303 e. The molecule has 1 aromatic heterocycles. The zero-order valence-electron chi connectivity index (χ0n) is 20.6. The molecule has 3 aromatic rings. The number of carbonyl (C=O) groups is 2. The summed E-state index contributed by atoms with van der Waals surface area (Å²) in [5.41, 5.74) is 1.50. The molecule has 13 heteroatoms. The van der Waals surface area contributed by atoms with Gasteiger partial charge in [0.05, 0.1) is 20.3 Å². The lowest BCUT2D eigenvalue weighted by Crippen LogP contribution is -2.22. The van der Waals surface area contributed by atoms with E-state index in [1.807, 2.05) is 0 Å². The van der Waals surface area contributed by atoms with Crippen LogP contribution >= 0.6 is 11.6 Å². The molecule has 200 valence electrons. The van der Waals surface area contributed by atoms with Crippen molar-refractivity contribution in [2.75, 3.05) is 19.4 Å². The fraction of sp³-hybridized carbons (Fsp3) is 0.200. The molecule has 0 saturated heterocycles. The van der Waals surface area contributed by atoms with Gasteiger partial charge in [-0.2, -0.15) is 0 Å². The van der Waals surface area contributed by atoms with Crippen molar-refractivity contribution >= 4 is 60.7 Å². The maximum atomic E-state index is 13.6. The number of carboxylic acids is 1. The number of aromatic amines is 1. The number of rotatable bonds is 8. The summed E-state index contributed by atoms with van der Waals surface area (Å²) in [6.07, 6.45) is 0.924. The summed E-state index contributed by atoms with van der Waals surface area (Å²) in [6.45, 7) is 1.54. The molecule has 2 heterocycles. The number of hydrogen-bond acceptors (Lipinski definition) is 6. The molecule has 1 amide bonds. The summed E-state index contributed by atoms with van der Waals surface area (Å²) in [7, 11) is -5.09. The van der Waals surface area contributed by atoms with E-state index in [9.17, 15) is 31.5 Å². The van der Waals surface area contributed by atoms with Gasteiger partial charge in [-0.25, -0.2) is 21.1 Å². The standard InChI is InChI=1S/C25H24ClN3O7S2/c1-14-24(37(33,34)16-6-4-15(26)5-7-16)18(9-11-23(30)31)22(27-14)13-20-19-12-17(38(35,36)29(2)3)8-10-21(19)28-25(20)32/h4-8,10,12-13,27H,9,11H2,1-3H3,(H,28,32)(H,30,31). The van der Waals surface area contributed by atoms with Gasteiger partial charge in [0.2, 0.25) is 19.9 Å². The Morgan fingerprint density at radius 1 is 1.05 bits per heavy atom.